The van der Waals surface area contributed by atoms with Gasteiger partial charge >= 0.3 is 0 Å². The van der Waals surface area contributed by atoms with Gasteiger partial charge in [0, 0.05) is 11.4 Å². The van der Waals surface area contributed by atoms with Crippen molar-refractivity contribution in [1.29, 1.82) is 0 Å². The fraction of sp³-hybridized carbons (Fsp3) is 0.120. The number of benzene rings is 2. The summed E-state index contributed by atoms with van der Waals surface area (Å²) in [6.45, 7) is 6.08. The predicted molar refractivity (Wildman–Crippen MR) is 136 cm³/mol. The Balaban J connectivity index is 1.58. The SMILES string of the molecule is C=CCn1c(SC(C)c2nc3ccccc3c(=O)[nH]2)nc2sc(-c3ccccc3)cc2c1=O. The molecule has 8 heteroatoms. The summed E-state index contributed by atoms with van der Waals surface area (Å²) in [7, 11) is 0. The summed E-state index contributed by atoms with van der Waals surface area (Å²) in [5, 5.41) is 1.48. The number of nitrogens with one attached hydrogen (secondary N) is 1. The molecule has 6 nitrogen and oxygen atoms in total. The van der Waals surface area contributed by atoms with Crippen LogP contribution in [0.1, 0.15) is 18.0 Å². The van der Waals surface area contributed by atoms with E-state index in [9.17, 15) is 9.59 Å². The highest BCUT2D eigenvalue weighted by molar-refractivity contribution is 7.99. The van der Waals surface area contributed by atoms with Crippen LogP contribution < -0.4 is 11.1 Å². The van der Waals surface area contributed by atoms with Crippen molar-refractivity contribution in [2.24, 2.45) is 0 Å². The molecular formula is C25H20N4O2S2. The van der Waals surface area contributed by atoms with Crippen LogP contribution in [0.2, 0.25) is 0 Å². The number of hydrogen-bond donors (Lipinski definition) is 1. The lowest BCUT2D eigenvalue weighted by Gasteiger charge is -2.14. The highest BCUT2D eigenvalue weighted by Crippen LogP contribution is 2.35. The molecule has 3 aromatic heterocycles. The highest BCUT2D eigenvalue weighted by Gasteiger charge is 2.19. The van der Waals surface area contributed by atoms with Crippen LogP contribution in [0.4, 0.5) is 0 Å². The fourth-order valence-corrected chi connectivity index (χ4v) is 5.69. The second kappa shape index (κ2) is 8.80. The van der Waals surface area contributed by atoms with Crippen LogP contribution >= 0.6 is 23.1 Å². The largest absolute Gasteiger partial charge is 0.309 e. The highest BCUT2D eigenvalue weighted by atomic mass is 32.2. The van der Waals surface area contributed by atoms with Gasteiger partial charge in [-0.1, -0.05) is 60.3 Å². The average molecular weight is 473 g/mol. The fourth-order valence-electron chi connectivity index (χ4n) is 3.63. The lowest BCUT2D eigenvalue weighted by atomic mass is 10.2. The van der Waals surface area contributed by atoms with E-state index < -0.39 is 0 Å². The van der Waals surface area contributed by atoms with Gasteiger partial charge in [0.15, 0.2) is 5.16 Å². The van der Waals surface area contributed by atoms with Gasteiger partial charge < -0.3 is 4.98 Å². The Kier molecular flexibility index (Phi) is 5.70. The second-order valence-corrected chi connectivity index (χ2v) is 9.86. The van der Waals surface area contributed by atoms with E-state index in [0.717, 1.165) is 10.4 Å². The third-order valence-corrected chi connectivity index (χ3v) is 7.46. The standard InChI is InChI=1S/C25H20N4O2S2/c1-3-13-29-24(31)18-14-20(16-9-5-4-6-10-16)33-23(18)28-25(29)32-15(2)21-26-19-12-8-7-11-17(19)22(30)27-21/h3-12,14-15H,1,13H2,2H3,(H,26,27,30). The average Bonchev–Trinajstić information content (AvgIpc) is 3.26. The number of nitrogens with zero attached hydrogens (tertiary/aromatic N) is 3. The van der Waals surface area contributed by atoms with Crippen LogP contribution in [0, 0.1) is 0 Å². The molecule has 0 amide bonds. The van der Waals surface area contributed by atoms with E-state index in [1.54, 1.807) is 16.7 Å². The van der Waals surface area contributed by atoms with Crippen LogP contribution in [0.25, 0.3) is 31.6 Å². The number of rotatable bonds is 6. The maximum Gasteiger partial charge on any atom is 0.263 e. The molecule has 1 unspecified atom stereocenters. The summed E-state index contributed by atoms with van der Waals surface area (Å²) in [6, 6.07) is 19.1. The smallest absolute Gasteiger partial charge is 0.263 e. The number of aromatic nitrogens is 4. The van der Waals surface area contributed by atoms with Gasteiger partial charge in [-0.2, -0.15) is 0 Å². The molecule has 5 rings (SSSR count). The molecule has 1 atom stereocenters. The van der Waals surface area contributed by atoms with Crippen molar-refractivity contribution in [3.05, 3.63) is 99.9 Å². The number of hydrogen-bond acceptors (Lipinski definition) is 6. The topological polar surface area (TPSA) is 80.6 Å². The number of H-pyrrole nitrogens is 1. The van der Waals surface area contributed by atoms with Crippen LogP contribution in [0.15, 0.2) is 88.1 Å². The molecule has 0 saturated carbocycles. The zero-order valence-corrected chi connectivity index (χ0v) is 19.5. The van der Waals surface area contributed by atoms with Crippen molar-refractivity contribution < 1.29 is 0 Å². The van der Waals surface area contributed by atoms with E-state index in [0.29, 0.717) is 38.6 Å². The first kappa shape index (κ1) is 21.4. The van der Waals surface area contributed by atoms with Crippen molar-refractivity contribution >= 4 is 44.2 Å². The van der Waals surface area contributed by atoms with Crippen molar-refractivity contribution in [3.8, 4) is 10.4 Å². The second-order valence-electron chi connectivity index (χ2n) is 7.52. The van der Waals surface area contributed by atoms with E-state index in [1.165, 1.54) is 23.1 Å². The third-order valence-electron chi connectivity index (χ3n) is 5.28. The van der Waals surface area contributed by atoms with Gasteiger partial charge in [0.25, 0.3) is 11.1 Å². The van der Waals surface area contributed by atoms with Gasteiger partial charge in [-0.05, 0) is 30.7 Å². The monoisotopic (exact) mass is 472 g/mol. The zero-order chi connectivity index (χ0) is 22.9. The van der Waals surface area contributed by atoms with Crippen LogP contribution in [0.5, 0.6) is 0 Å². The summed E-state index contributed by atoms with van der Waals surface area (Å²) in [5.74, 6) is 0.541. The molecule has 0 aliphatic carbocycles. The molecule has 0 saturated heterocycles. The number of thiophene rings is 1. The van der Waals surface area contributed by atoms with E-state index in [2.05, 4.69) is 16.5 Å². The molecule has 0 spiro atoms. The molecule has 0 aliphatic heterocycles. The van der Waals surface area contributed by atoms with Crippen LogP contribution in [0.3, 0.4) is 0 Å². The maximum absolute atomic E-state index is 13.3. The first-order chi connectivity index (χ1) is 16.0. The Hall–Kier alpha value is -3.49. The Morgan fingerprint density at radius 1 is 1.09 bits per heavy atom. The summed E-state index contributed by atoms with van der Waals surface area (Å²) in [5.41, 5.74) is 1.41. The molecule has 1 N–H and O–H groups in total. The predicted octanol–water partition coefficient (Wildman–Crippen LogP) is 5.40. The molecule has 0 aliphatic rings. The Morgan fingerprint density at radius 3 is 2.64 bits per heavy atom. The minimum absolute atomic E-state index is 0.104. The molecule has 2 aromatic carbocycles. The minimum Gasteiger partial charge on any atom is -0.309 e. The Bertz CT molecular complexity index is 1600. The van der Waals surface area contributed by atoms with Crippen molar-refractivity contribution in [3.63, 3.8) is 0 Å². The summed E-state index contributed by atoms with van der Waals surface area (Å²) < 4.78 is 1.62. The van der Waals surface area contributed by atoms with Crippen LogP contribution in [-0.4, -0.2) is 19.5 Å². The van der Waals surface area contributed by atoms with Gasteiger partial charge in [-0.25, -0.2) is 9.97 Å². The normalized spacial score (nSPS) is 12.3. The van der Waals surface area contributed by atoms with Gasteiger partial charge in [0.2, 0.25) is 0 Å². The lowest BCUT2D eigenvalue weighted by molar-refractivity contribution is 0.670. The first-order valence-electron chi connectivity index (χ1n) is 10.4. The van der Waals surface area contributed by atoms with Crippen molar-refractivity contribution in [2.75, 3.05) is 0 Å². The minimum atomic E-state index is -0.226. The number of fused-ring (bicyclic) bond motifs is 2. The molecule has 0 fully saturated rings. The molecule has 164 valence electrons. The number of thioether (sulfide) groups is 1. The summed E-state index contributed by atoms with van der Waals surface area (Å²) in [6.07, 6.45) is 1.68. The Labute approximate surface area is 197 Å². The van der Waals surface area contributed by atoms with E-state index in [1.807, 2.05) is 61.5 Å². The Morgan fingerprint density at radius 2 is 1.85 bits per heavy atom. The van der Waals surface area contributed by atoms with Gasteiger partial charge in [0.05, 0.1) is 21.5 Å². The van der Waals surface area contributed by atoms with Crippen LogP contribution in [-0.2, 0) is 6.54 Å². The lowest BCUT2D eigenvalue weighted by Crippen LogP contribution is -2.22. The van der Waals surface area contributed by atoms with Gasteiger partial charge in [-0.3, -0.25) is 14.2 Å². The maximum atomic E-state index is 13.3. The van der Waals surface area contributed by atoms with E-state index in [-0.39, 0.29) is 16.4 Å². The summed E-state index contributed by atoms with van der Waals surface area (Å²) in [4.78, 5) is 39.9. The molecule has 3 heterocycles. The molecule has 33 heavy (non-hydrogen) atoms. The molecule has 0 radical (unpaired) electrons. The molecular weight excluding hydrogens is 452 g/mol. The quantitative estimate of drug-likeness (QED) is 0.203. The first-order valence-corrected chi connectivity index (χ1v) is 12.1. The molecule has 5 aromatic rings. The van der Waals surface area contributed by atoms with Gasteiger partial charge in [-0.15, -0.1) is 17.9 Å². The van der Waals surface area contributed by atoms with Crippen molar-refractivity contribution in [1.82, 2.24) is 19.5 Å². The van der Waals surface area contributed by atoms with Crippen molar-refractivity contribution in [2.45, 2.75) is 23.9 Å². The van der Waals surface area contributed by atoms with E-state index in [4.69, 9.17) is 4.98 Å². The van der Waals surface area contributed by atoms with E-state index >= 15 is 0 Å². The zero-order valence-electron chi connectivity index (χ0n) is 17.8. The van der Waals surface area contributed by atoms with Gasteiger partial charge in [0.1, 0.15) is 10.7 Å². The number of aromatic amines is 1. The molecule has 0 bridgehead atoms. The number of allylic oxidation sites excluding steroid dienone is 1. The summed E-state index contributed by atoms with van der Waals surface area (Å²) >= 11 is 2.89. The number of para-hydroxylation sites is 1. The third kappa shape index (κ3) is 4.03.